The molecule has 21 heavy (non-hydrogen) atoms. The van der Waals surface area contributed by atoms with Crippen LogP contribution < -0.4 is 25.1 Å². The van der Waals surface area contributed by atoms with E-state index >= 15 is 0 Å². The highest BCUT2D eigenvalue weighted by molar-refractivity contribution is 7.13. The van der Waals surface area contributed by atoms with Crippen LogP contribution in [0.3, 0.4) is 0 Å². The Morgan fingerprint density at radius 1 is 1.19 bits per heavy atom. The normalized spacial score (nSPS) is 10.2. The topological polar surface area (TPSA) is 64.6 Å². The quantitative estimate of drug-likeness (QED) is 0.731. The molecule has 0 amide bonds. The number of hydrogen-bond donors (Lipinski definition) is 2. The predicted octanol–water partition coefficient (Wildman–Crippen LogP) is 2.68. The van der Waals surface area contributed by atoms with Crippen molar-refractivity contribution >= 4 is 16.5 Å². The van der Waals surface area contributed by atoms with Crippen molar-refractivity contribution in [3.63, 3.8) is 0 Å². The van der Waals surface area contributed by atoms with E-state index in [4.69, 9.17) is 14.2 Å². The van der Waals surface area contributed by atoms with Gasteiger partial charge in [-0.3, -0.25) is 5.43 Å². The fraction of sp³-hybridized carbons (Fsp3) is 0.357. The molecule has 7 heteroatoms. The van der Waals surface area contributed by atoms with Gasteiger partial charge in [0.15, 0.2) is 16.6 Å². The highest BCUT2D eigenvalue weighted by atomic mass is 32.1. The fourth-order valence-corrected chi connectivity index (χ4v) is 2.33. The summed E-state index contributed by atoms with van der Waals surface area (Å²) in [7, 11) is 3.23. The van der Waals surface area contributed by atoms with Crippen LogP contribution in [0.1, 0.15) is 12.5 Å². The van der Waals surface area contributed by atoms with Gasteiger partial charge in [-0.2, -0.15) is 0 Å². The molecule has 0 fully saturated rings. The number of thiazole rings is 1. The first kappa shape index (κ1) is 15.4. The predicted molar refractivity (Wildman–Crippen MR) is 83.3 cm³/mol. The van der Waals surface area contributed by atoms with Gasteiger partial charge in [0.25, 0.3) is 0 Å². The van der Waals surface area contributed by atoms with Crippen LogP contribution in [0, 0.1) is 0 Å². The molecule has 0 saturated heterocycles. The summed E-state index contributed by atoms with van der Waals surface area (Å²) < 4.78 is 16.3. The Balaban J connectivity index is 2.08. The fourth-order valence-electron chi connectivity index (χ4n) is 1.83. The molecule has 0 bridgehead atoms. The number of aromatic nitrogens is 1. The lowest BCUT2D eigenvalue weighted by Gasteiger charge is -2.15. The van der Waals surface area contributed by atoms with Crippen LogP contribution in [0.15, 0.2) is 23.7 Å². The second kappa shape index (κ2) is 7.70. The summed E-state index contributed by atoms with van der Waals surface area (Å²) in [5, 5.41) is 2.73. The molecule has 2 aromatic rings. The van der Waals surface area contributed by atoms with Gasteiger partial charge in [0.05, 0.1) is 20.8 Å². The van der Waals surface area contributed by atoms with Gasteiger partial charge in [0.1, 0.15) is 0 Å². The smallest absolute Gasteiger partial charge is 0.203 e. The monoisotopic (exact) mass is 309 g/mol. The minimum atomic E-state index is 0.552. The molecule has 0 spiro atoms. The van der Waals surface area contributed by atoms with E-state index in [9.17, 15) is 0 Å². The van der Waals surface area contributed by atoms with Crippen molar-refractivity contribution < 1.29 is 14.2 Å². The number of nitrogens with zero attached hydrogens (tertiary/aromatic N) is 1. The number of rotatable bonds is 8. The lowest BCUT2D eigenvalue weighted by atomic mass is 10.2. The molecular formula is C14H19N3O3S. The number of hydrogen-bond acceptors (Lipinski definition) is 7. The third kappa shape index (κ3) is 3.99. The maximum Gasteiger partial charge on any atom is 0.203 e. The molecule has 0 aliphatic carbocycles. The van der Waals surface area contributed by atoms with Crippen molar-refractivity contribution in [2.45, 2.75) is 13.5 Å². The van der Waals surface area contributed by atoms with Gasteiger partial charge in [-0.1, -0.05) is 0 Å². The summed E-state index contributed by atoms with van der Waals surface area (Å²) in [6.07, 6.45) is 1.75. The summed E-state index contributed by atoms with van der Waals surface area (Å²) in [4.78, 5) is 4.13. The SMILES string of the molecule is CCOc1c(OC)cc(CNNc2nccs2)cc1OC. The lowest BCUT2D eigenvalue weighted by molar-refractivity contribution is 0.288. The molecule has 1 heterocycles. The first-order valence-electron chi connectivity index (χ1n) is 6.54. The summed E-state index contributed by atoms with van der Waals surface area (Å²) >= 11 is 1.53. The Morgan fingerprint density at radius 3 is 2.43 bits per heavy atom. The van der Waals surface area contributed by atoms with Crippen LogP contribution in [-0.4, -0.2) is 25.8 Å². The number of methoxy groups -OCH3 is 2. The van der Waals surface area contributed by atoms with Crippen molar-refractivity contribution in [3.8, 4) is 17.2 Å². The molecule has 0 atom stereocenters. The van der Waals surface area contributed by atoms with Crippen molar-refractivity contribution in [2.75, 3.05) is 26.3 Å². The first-order chi connectivity index (χ1) is 10.3. The van der Waals surface area contributed by atoms with Crippen LogP contribution in [-0.2, 0) is 6.54 Å². The Kier molecular flexibility index (Phi) is 5.65. The Hall–Kier alpha value is -1.99. The van der Waals surface area contributed by atoms with Gasteiger partial charge < -0.3 is 14.2 Å². The first-order valence-corrected chi connectivity index (χ1v) is 7.42. The highest BCUT2D eigenvalue weighted by Gasteiger charge is 2.13. The number of benzene rings is 1. The van der Waals surface area contributed by atoms with E-state index in [1.54, 1.807) is 20.4 Å². The molecule has 0 aliphatic rings. The largest absolute Gasteiger partial charge is 0.493 e. The number of ether oxygens (including phenoxy) is 3. The van der Waals surface area contributed by atoms with Gasteiger partial charge in [-0.05, 0) is 24.6 Å². The van der Waals surface area contributed by atoms with E-state index < -0.39 is 0 Å². The van der Waals surface area contributed by atoms with Crippen molar-refractivity contribution in [1.29, 1.82) is 0 Å². The molecule has 1 aromatic carbocycles. The Morgan fingerprint density at radius 2 is 1.90 bits per heavy atom. The van der Waals surface area contributed by atoms with E-state index in [1.807, 2.05) is 24.4 Å². The molecule has 2 rings (SSSR count). The lowest BCUT2D eigenvalue weighted by Crippen LogP contribution is -2.20. The molecule has 6 nitrogen and oxygen atoms in total. The molecule has 0 unspecified atom stereocenters. The van der Waals surface area contributed by atoms with E-state index in [1.165, 1.54) is 11.3 Å². The maximum absolute atomic E-state index is 5.57. The zero-order valence-corrected chi connectivity index (χ0v) is 13.1. The number of anilines is 1. The molecule has 0 aliphatic heterocycles. The van der Waals surface area contributed by atoms with E-state index in [0.29, 0.717) is 30.4 Å². The van der Waals surface area contributed by atoms with Gasteiger partial charge in [-0.25, -0.2) is 10.4 Å². The van der Waals surface area contributed by atoms with Crippen LogP contribution in [0.25, 0.3) is 0 Å². The average Bonchev–Trinajstić information content (AvgIpc) is 3.01. The Bertz CT molecular complexity index is 536. The van der Waals surface area contributed by atoms with E-state index in [0.717, 1.165) is 10.7 Å². The highest BCUT2D eigenvalue weighted by Crippen LogP contribution is 2.38. The van der Waals surface area contributed by atoms with Gasteiger partial charge in [-0.15, -0.1) is 11.3 Å². The van der Waals surface area contributed by atoms with Crippen molar-refractivity contribution in [3.05, 3.63) is 29.3 Å². The molecule has 0 saturated carbocycles. The van der Waals surface area contributed by atoms with E-state index in [-0.39, 0.29) is 0 Å². The van der Waals surface area contributed by atoms with Crippen molar-refractivity contribution in [2.24, 2.45) is 0 Å². The molecule has 2 N–H and O–H groups in total. The molecular weight excluding hydrogens is 290 g/mol. The average molecular weight is 309 g/mol. The Labute approximate surface area is 128 Å². The summed E-state index contributed by atoms with van der Waals surface area (Å²) in [6.45, 7) is 3.07. The minimum Gasteiger partial charge on any atom is -0.493 e. The van der Waals surface area contributed by atoms with Crippen LogP contribution in [0.2, 0.25) is 0 Å². The second-order valence-electron chi connectivity index (χ2n) is 4.08. The summed E-state index contributed by atoms with van der Waals surface area (Å²) in [6, 6.07) is 3.84. The molecule has 114 valence electrons. The summed E-state index contributed by atoms with van der Waals surface area (Å²) in [5.74, 6) is 1.93. The number of hydrazine groups is 1. The van der Waals surface area contributed by atoms with Gasteiger partial charge in [0, 0.05) is 18.1 Å². The zero-order chi connectivity index (χ0) is 15.1. The minimum absolute atomic E-state index is 0.552. The van der Waals surface area contributed by atoms with Gasteiger partial charge in [0.2, 0.25) is 5.75 Å². The second-order valence-corrected chi connectivity index (χ2v) is 4.97. The third-order valence-corrected chi connectivity index (χ3v) is 3.42. The standard InChI is InChI=1S/C14H19N3O3S/c1-4-20-13-11(18-2)7-10(8-12(13)19-3)9-16-17-14-15-5-6-21-14/h5-8,16H,4,9H2,1-3H3,(H,15,17). The van der Waals surface area contributed by atoms with Gasteiger partial charge >= 0.3 is 0 Å². The maximum atomic E-state index is 5.57. The third-order valence-electron chi connectivity index (χ3n) is 2.73. The summed E-state index contributed by atoms with van der Waals surface area (Å²) in [5.41, 5.74) is 7.15. The van der Waals surface area contributed by atoms with Crippen LogP contribution in [0.5, 0.6) is 17.2 Å². The van der Waals surface area contributed by atoms with E-state index in [2.05, 4.69) is 15.8 Å². The van der Waals surface area contributed by atoms with Crippen LogP contribution >= 0.6 is 11.3 Å². The number of nitrogens with one attached hydrogen (secondary N) is 2. The molecule has 0 radical (unpaired) electrons. The van der Waals surface area contributed by atoms with Crippen LogP contribution in [0.4, 0.5) is 5.13 Å². The molecule has 1 aromatic heterocycles. The van der Waals surface area contributed by atoms with Crippen molar-refractivity contribution in [1.82, 2.24) is 10.4 Å². The zero-order valence-electron chi connectivity index (χ0n) is 12.3.